The Kier molecular flexibility index (Phi) is 5.27. The maximum Gasteiger partial charge on any atom is 0.286 e. The Morgan fingerprint density at radius 2 is 1.96 bits per heavy atom. The molecule has 0 saturated carbocycles. The number of hydrogen-bond acceptors (Lipinski definition) is 4. The van der Waals surface area contributed by atoms with Crippen LogP contribution in [-0.4, -0.2) is 21.0 Å². The van der Waals surface area contributed by atoms with Crippen molar-refractivity contribution in [3.8, 4) is 11.3 Å². The lowest BCUT2D eigenvalue weighted by Crippen LogP contribution is -3.00. The average molecular weight is 426 g/mol. The molecule has 3 heterocycles. The quantitative estimate of drug-likeness (QED) is 0.234. The van der Waals surface area contributed by atoms with Crippen molar-refractivity contribution in [1.82, 2.24) is 14.8 Å². The van der Waals surface area contributed by atoms with Crippen LogP contribution in [0.3, 0.4) is 0 Å². The monoisotopic (exact) mass is 425 g/mol. The number of H-pyrrole nitrogens is 1. The van der Waals surface area contributed by atoms with Gasteiger partial charge in [-0.05, 0) is 36.2 Å². The fourth-order valence-corrected chi connectivity index (χ4v) is 2.93. The van der Waals surface area contributed by atoms with Crippen molar-refractivity contribution in [2.45, 2.75) is 6.92 Å². The highest BCUT2D eigenvalue weighted by molar-refractivity contribution is 5.81. The van der Waals surface area contributed by atoms with Crippen LogP contribution in [-0.2, 0) is 7.05 Å². The molecule has 0 aliphatic heterocycles. The summed E-state index contributed by atoms with van der Waals surface area (Å²) in [5, 5.41) is 10.8. The number of hydrazone groups is 1. The zero-order chi connectivity index (χ0) is 18.1. The van der Waals surface area contributed by atoms with E-state index in [9.17, 15) is 0 Å². The molecule has 0 aliphatic carbocycles. The highest BCUT2D eigenvalue weighted by atomic mass is 79.9. The molecule has 4 rings (SSSR count). The summed E-state index contributed by atoms with van der Waals surface area (Å²) in [6, 6.07) is 14.2. The minimum absolute atomic E-state index is 0. The molecule has 0 fully saturated rings. The molecule has 1 aromatic carbocycles. The molecular weight excluding hydrogens is 406 g/mol. The minimum atomic E-state index is 0. The lowest BCUT2D eigenvalue weighted by atomic mass is 10.1. The van der Waals surface area contributed by atoms with Crippen molar-refractivity contribution in [3.63, 3.8) is 0 Å². The molecule has 7 nitrogen and oxygen atoms in total. The molecule has 0 unspecified atom stereocenters. The van der Waals surface area contributed by atoms with Gasteiger partial charge >= 0.3 is 0 Å². The van der Waals surface area contributed by atoms with Crippen molar-refractivity contribution in [1.29, 1.82) is 0 Å². The van der Waals surface area contributed by atoms with E-state index in [1.54, 1.807) is 12.3 Å². The zero-order valence-electron chi connectivity index (χ0n) is 15.0. The van der Waals surface area contributed by atoms with Gasteiger partial charge in [0, 0.05) is 17.7 Å². The first-order valence-corrected chi connectivity index (χ1v) is 8.28. The number of benzene rings is 1. The first-order valence-electron chi connectivity index (χ1n) is 8.28. The van der Waals surface area contributed by atoms with Gasteiger partial charge in [-0.1, -0.05) is 12.1 Å². The Morgan fingerprint density at radius 3 is 2.67 bits per heavy atom. The average Bonchev–Trinajstić information content (AvgIpc) is 3.19. The largest absolute Gasteiger partial charge is 1.00 e. The number of anilines is 2. The Balaban J connectivity index is 0.00000210. The van der Waals surface area contributed by atoms with Gasteiger partial charge in [-0.2, -0.15) is 10.2 Å². The standard InChI is InChI=1S/C19H20N7.BrH/c1-13-3-8-19-25(2)16(12-26(19)11-13)15-6-4-14(5-7-15)10-21-23-18-9-17(20)22-24-18;/h3-12H,1-2H3,(H4,20,22,23,24);1H/q+1;/p-1/b21-10+;. The third-order valence-corrected chi connectivity index (χ3v) is 4.27. The van der Waals surface area contributed by atoms with Gasteiger partial charge in [0.2, 0.25) is 0 Å². The maximum atomic E-state index is 5.57. The summed E-state index contributed by atoms with van der Waals surface area (Å²) < 4.78 is 4.34. The van der Waals surface area contributed by atoms with Crippen molar-refractivity contribution in [2.24, 2.45) is 12.1 Å². The minimum Gasteiger partial charge on any atom is -1.00 e. The molecule has 0 bridgehead atoms. The van der Waals surface area contributed by atoms with E-state index in [1.165, 1.54) is 5.56 Å². The number of nitrogen functional groups attached to an aromatic ring is 1. The summed E-state index contributed by atoms with van der Waals surface area (Å²) in [5.74, 6) is 1.08. The van der Waals surface area contributed by atoms with E-state index in [-0.39, 0.29) is 17.0 Å². The van der Waals surface area contributed by atoms with Gasteiger partial charge < -0.3 is 22.7 Å². The van der Waals surface area contributed by atoms with Crippen LogP contribution in [0.2, 0.25) is 0 Å². The third kappa shape index (κ3) is 3.85. The number of pyridine rings is 1. The maximum absolute atomic E-state index is 5.57. The van der Waals surface area contributed by atoms with Crippen LogP contribution in [0.4, 0.5) is 11.6 Å². The predicted octanol–water partition coefficient (Wildman–Crippen LogP) is -0.505. The topological polar surface area (TPSA) is 88.1 Å². The van der Waals surface area contributed by atoms with Crippen LogP contribution in [0, 0.1) is 6.92 Å². The number of nitrogens with zero attached hydrogens (tertiary/aromatic N) is 4. The van der Waals surface area contributed by atoms with Gasteiger partial charge in [0.1, 0.15) is 12.0 Å². The lowest BCUT2D eigenvalue weighted by molar-refractivity contribution is -0.510. The summed E-state index contributed by atoms with van der Waals surface area (Å²) in [6.45, 7) is 2.10. The highest BCUT2D eigenvalue weighted by Gasteiger charge is 2.15. The molecule has 8 heteroatoms. The number of hydrogen-bond donors (Lipinski definition) is 3. The highest BCUT2D eigenvalue weighted by Crippen LogP contribution is 2.20. The van der Waals surface area contributed by atoms with E-state index in [1.807, 2.05) is 12.1 Å². The van der Waals surface area contributed by atoms with Gasteiger partial charge in [0.25, 0.3) is 5.65 Å². The third-order valence-electron chi connectivity index (χ3n) is 4.27. The SMILES string of the molecule is Cc1ccc2n(C)c(-c3ccc(/C=N/Nc4cc(N)[nH]n4)cc3)c[n+]2c1.[Br-]. The van der Waals surface area contributed by atoms with Crippen molar-refractivity contribution < 1.29 is 21.4 Å². The van der Waals surface area contributed by atoms with E-state index in [0.29, 0.717) is 11.6 Å². The van der Waals surface area contributed by atoms with Gasteiger partial charge in [-0.3, -0.25) is 10.5 Å². The first-order chi connectivity index (χ1) is 12.6. The molecule has 138 valence electrons. The number of imidazole rings is 1. The van der Waals surface area contributed by atoms with E-state index in [2.05, 4.69) is 80.3 Å². The van der Waals surface area contributed by atoms with E-state index < -0.39 is 0 Å². The van der Waals surface area contributed by atoms with Gasteiger partial charge in [-0.25, -0.2) is 8.97 Å². The second kappa shape index (κ2) is 7.63. The number of nitrogens with two attached hydrogens (primary N) is 1. The molecule has 27 heavy (non-hydrogen) atoms. The summed E-state index contributed by atoms with van der Waals surface area (Å²) in [5.41, 5.74) is 14.1. The van der Waals surface area contributed by atoms with Crippen LogP contribution < -0.4 is 32.5 Å². The smallest absolute Gasteiger partial charge is 0.286 e. The van der Waals surface area contributed by atoms with E-state index >= 15 is 0 Å². The molecule has 0 amide bonds. The summed E-state index contributed by atoms with van der Waals surface area (Å²) >= 11 is 0. The molecule has 4 aromatic rings. The number of aromatic nitrogens is 4. The van der Waals surface area contributed by atoms with E-state index in [0.717, 1.165) is 22.5 Å². The Bertz CT molecular complexity index is 1090. The first kappa shape index (κ1) is 18.7. The lowest BCUT2D eigenvalue weighted by Gasteiger charge is -1.99. The Morgan fingerprint density at radius 1 is 1.19 bits per heavy atom. The van der Waals surface area contributed by atoms with Gasteiger partial charge in [-0.15, -0.1) is 0 Å². The fraction of sp³-hybridized carbons (Fsp3) is 0.105. The number of aryl methyl sites for hydroxylation is 2. The van der Waals surface area contributed by atoms with Crippen molar-refractivity contribution in [2.75, 3.05) is 11.2 Å². The predicted molar refractivity (Wildman–Crippen MR) is 103 cm³/mol. The summed E-state index contributed by atoms with van der Waals surface area (Å²) in [7, 11) is 2.08. The Hall–Kier alpha value is -3.13. The second-order valence-electron chi connectivity index (χ2n) is 6.25. The molecular formula is C19H20BrN7. The molecule has 0 radical (unpaired) electrons. The number of rotatable bonds is 4. The van der Waals surface area contributed by atoms with Crippen LogP contribution in [0.15, 0.2) is 60.0 Å². The Labute approximate surface area is 167 Å². The van der Waals surface area contributed by atoms with Gasteiger partial charge in [0.05, 0.1) is 19.5 Å². The van der Waals surface area contributed by atoms with E-state index in [4.69, 9.17) is 5.73 Å². The molecule has 0 aliphatic rings. The zero-order valence-corrected chi connectivity index (χ0v) is 16.6. The molecule has 3 aromatic heterocycles. The summed E-state index contributed by atoms with van der Waals surface area (Å²) in [4.78, 5) is 0. The van der Waals surface area contributed by atoms with Crippen molar-refractivity contribution >= 4 is 23.5 Å². The number of aromatic amines is 1. The fourth-order valence-electron chi connectivity index (χ4n) is 2.93. The van der Waals surface area contributed by atoms with Crippen LogP contribution in [0.25, 0.3) is 16.9 Å². The van der Waals surface area contributed by atoms with Crippen LogP contribution in [0.1, 0.15) is 11.1 Å². The summed E-state index contributed by atoms with van der Waals surface area (Å²) in [6.07, 6.45) is 6.02. The number of nitrogens with one attached hydrogen (secondary N) is 2. The molecule has 0 atom stereocenters. The van der Waals surface area contributed by atoms with Crippen LogP contribution in [0.5, 0.6) is 0 Å². The number of fused-ring (bicyclic) bond motifs is 1. The molecule has 0 saturated heterocycles. The number of halogens is 1. The molecule has 0 spiro atoms. The van der Waals surface area contributed by atoms with Crippen LogP contribution >= 0.6 is 0 Å². The normalized spacial score (nSPS) is 11.0. The van der Waals surface area contributed by atoms with Crippen molar-refractivity contribution in [3.05, 3.63) is 66.0 Å². The molecule has 4 N–H and O–H groups in total. The second-order valence-corrected chi connectivity index (χ2v) is 6.25. The van der Waals surface area contributed by atoms with Gasteiger partial charge in [0.15, 0.2) is 11.5 Å².